The third-order valence-electron chi connectivity index (χ3n) is 4.66. The molecule has 0 bridgehead atoms. The molecule has 0 spiro atoms. The molecule has 7 heteroatoms. The quantitative estimate of drug-likeness (QED) is 0.630. The highest BCUT2D eigenvalue weighted by molar-refractivity contribution is 5.96. The van der Waals surface area contributed by atoms with Crippen molar-refractivity contribution in [2.24, 2.45) is 5.92 Å². The molecule has 0 saturated carbocycles. The SMILES string of the molecule is O=C(NCCNC(=O)C1CC(=O)N(Cc2ccccc2)C1)c1ccccc1O. The summed E-state index contributed by atoms with van der Waals surface area (Å²) >= 11 is 0. The molecule has 1 heterocycles. The van der Waals surface area contributed by atoms with E-state index in [0.717, 1.165) is 5.56 Å². The van der Waals surface area contributed by atoms with Crippen molar-refractivity contribution >= 4 is 17.7 Å². The number of carbonyl (C=O) groups is 3. The van der Waals surface area contributed by atoms with Gasteiger partial charge in [-0.1, -0.05) is 42.5 Å². The fraction of sp³-hybridized carbons (Fsp3) is 0.286. The number of hydrogen-bond donors (Lipinski definition) is 3. The lowest BCUT2D eigenvalue weighted by atomic mass is 10.1. The van der Waals surface area contributed by atoms with E-state index < -0.39 is 5.91 Å². The van der Waals surface area contributed by atoms with Gasteiger partial charge in [-0.05, 0) is 17.7 Å². The highest BCUT2D eigenvalue weighted by atomic mass is 16.3. The van der Waals surface area contributed by atoms with Crippen molar-refractivity contribution in [1.82, 2.24) is 15.5 Å². The second kappa shape index (κ2) is 9.03. The summed E-state index contributed by atoms with van der Waals surface area (Å²) in [6.07, 6.45) is 0.197. The highest BCUT2D eigenvalue weighted by Gasteiger charge is 2.33. The number of nitrogens with zero attached hydrogens (tertiary/aromatic N) is 1. The zero-order valence-electron chi connectivity index (χ0n) is 15.4. The largest absolute Gasteiger partial charge is 0.507 e. The number of benzene rings is 2. The predicted octanol–water partition coefficient (Wildman–Crippen LogP) is 1.29. The molecule has 2 aromatic carbocycles. The van der Waals surface area contributed by atoms with Gasteiger partial charge in [-0.25, -0.2) is 0 Å². The molecule has 146 valence electrons. The highest BCUT2D eigenvalue weighted by Crippen LogP contribution is 2.20. The maximum atomic E-state index is 12.3. The number of amides is 3. The topological polar surface area (TPSA) is 98.7 Å². The number of carbonyl (C=O) groups excluding carboxylic acids is 3. The van der Waals surface area contributed by atoms with Gasteiger partial charge in [-0.15, -0.1) is 0 Å². The second-order valence-electron chi connectivity index (χ2n) is 6.72. The average Bonchev–Trinajstić information content (AvgIpc) is 3.06. The summed E-state index contributed by atoms with van der Waals surface area (Å²) in [5.41, 5.74) is 1.22. The Hall–Kier alpha value is -3.35. The molecule has 1 atom stereocenters. The Morgan fingerprint density at radius 2 is 1.68 bits per heavy atom. The van der Waals surface area contributed by atoms with E-state index in [4.69, 9.17) is 0 Å². The van der Waals surface area contributed by atoms with E-state index in [1.807, 2.05) is 30.3 Å². The van der Waals surface area contributed by atoms with E-state index in [1.165, 1.54) is 12.1 Å². The fourth-order valence-corrected chi connectivity index (χ4v) is 3.17. The van der Waals surface area contributed by atoms with Gasteiger partial charge in [0, 0.05) is 32.6 Å². The number of phenols is 1. The van der Waals surface area contributed by atoms with Crippen LogP contribution in [0.15, 0.2) is 54.6 Å². The summed E-state index contributed by atoms with van der Waals surface area (Å²) in [5, 5.41) is 15.1. The van der Waals surface area contributed by atoms with Crippen molar-refractivity contribution in [1.29, 1.82) is 0 Å². The van der Waals surface area contributed by atoms with Crippen LogP contribution in [0.4, 0.5) is 0 Å². The monoisotopic (exact) mass is 381 g/mol. The molecule has 0 aromatic heterocycles. The Labute approximate surface area is 163 Å². The number of aromatic hydroxyl groups is 1. The van der Waals surface area contributed by atoms with Gasteiger partial charge in [0.1, 0.15) is 5.75 Å². The number of phenolic OH excluding ortho intramolecular Hbond substituents is 1. The third kappa shape index (κ3) is 4.88. The first kappa shape index (κ1) is 19.4. The van der Waals surface area contributed by atoms with Crippen LogP contribution in [0.2, 0.25) is 0 Å². The zero-order valence-corrected chi connectivity index (χ0v) is 15.4. The third-order valence-corrected chi connectivity index (χ3v) is 4.66. The minimum absolute atomic E-state index is 0.0307. The van der Waals surface area contributed by atoms with Crippen LogP contribution < -0.4 is 10.6 Å². The lowest BCUT2D eigenvalue weighted by molar-refractivity contribution is -0.129. The molecular weight excluding hydrogens is 358 g/mol. The minimum atomic E-state index is -0.405. The van der Waals surface area contributed by atoms with Gasteiger partial charge in [-0.3, -0.25) is 14.4 Å². The second-order valence-corrected chi connectivity index (χ2v) is 6.72. The van der Waals surface area contributed by atoms with Gasteiger partial charge in [0.05, 0.1) is 11.5 Å². The standard InChI is InChI=1S/C21H23N3O4/c25-18-9-5-4-8-17(18)21(28)23-11-10-22-20(27)16-12-19(26)24(14-16)13-15-6-2-1-3-7-15/h1-9,16,25H,10-14H2,(H,22,27)(H,23,28). The van der Waals surface area contributed by atoms with Crippen LogP contribution in [0.1, 0.15) is 22.3 Å². The van der Waals surface area contributed by atoms with Crippen LogP contribution in [-0.4, -0.2) is 47.4 Å². The van der Waals surface area contributed by atoms with E-state index in [9.17, 15) is 19.5 Å². The van der Waals surface area contributed by atoms with Gasteiger partial charge < -0.3 is 20.6 Å². The predicted molar refractivity (Wildman–Crippen MR) is 103 cm³/mol. The van der Waals surface area contributed by atoms with E-state index >= 15 is 0 Å². The van der Waals surface area contributed by atoms with E-state index in [0.29, 0.717) is 13.1 Å². The van der Waals surface area contributed by atoms with E-state index in [-0.39, 0.29) is 48.6 Å². The van der Waals surface area contributed by atoms with Gasteiger partial charge in [0.2, 0.25) is 11.8 Å². The van der Waals surface area contributed by atoms with Crippen LogP contribution in [-0.2, 0) is 16.1 Å². The van der Waals surface area contributed by atoms with Gasteiger partial charge in [-0.2, -0.15) is 0 Å². The number of para-hydroxylation sites is 1. The van der Waals surface area contributed by atoms with Gasteiger partial charge >= 0.3 is 0 Å². The molecule has 1 aliphatic rings. The first-order valence-corrected chi connectivity index (χ1v) is 9.20. The first-order chi connectivity index (χ1) is 13.5. The molecule has 1 unspecified atom stereocenters. The van der Waals surface area contributed by atoms with Gasteiger partial charge in [0.25, 0.3) is 5.91 Å². The summed E-state index contributed by atoms with van der Waals surface area (Å²) in [7, 11) is 0. The van der Waals surface area contributed by atoms with Crippen molar-refractivity contribution in [3.63, 3.8) is 0 Å². The van der Waals surface area contributed by atoms with Crippen molar-refractivity contribution in [2.45, 2.75) is 13.0 Å². The number of nitrogens with one attached hydrogen (secondary N) is 2. The molecule has 1 fully saturated rings. The Bertz CT molecular complexity index is 854. The lowest BCUT2D eigenvalue weighted by Gasteiger charge is -2.16. The fourth-order valence-electron chi connectivity index (χ4n) is 3.17. The smallest absolute Gasteiger partial charge is 0.255 e. The van der Waals surface area contributed by atoms with Crippen molar-refractivity contribution < 1.29 is 19.5 Å². The molecule has 0 aliphatic carbocycles. The molecular formula is C21H23N3O4. The summed E-state index contributed by atoms with van der Waals surface area (Å²) in [4.78, 5) is 38.2. The van der Waals surface area contributed by atoms with Crippen molar-refractivity contribution in [3.05, 3.63) is 65.7 Å². The summed E-state index contributed by atoms with van der Waals surface area (Å²) in [6, 6.07) is 15.9. The minimum Gasteiger partial charge on any atom is -0.507 e. The van der Waals surface area contributed by atoms with Gasteiger partial charge in [0.15, 0.2) is 0 Å². The van der Waals surface area contributed by atoms with Crippen molar-refractivity contribution in [2.75, 3.05) is 19.6 Å². The summed E-state index contributed by atoms with van der Waals surface area (Å²) < 4.78 is 0. The number of likely N-dealkylation sites (tertiary alicyclic amines) is 1. The summed E-state index contributed by atoms with van der Waals surface area (Å²) in [5.74, 6) is -1.10. The summed E-state index contributed by atoms with van der Waals surface area (Å²) in [6.45, 7) is 1.37. The normalized spacial score (nSPS) is 16.1. The van der Waals surface area contributed by atoms with Crippen LogP contribution in [0, 0.1) is 5.92 Å². The zero-order chi connectivity index (χ0) is 19.9. The Kier molecular flexibility index (Phi) is 6.26. The Morgan fingerprint density at radius 1 is 1.00 bits per heavy atom. The first-order valence-electron chi connectivity index (χ1n) is 9.20. The number of hydrogen-bond acceptors (Lipinski definition) is 4. The van der Waals surface area contributed by atoms with Crippen LogP contribution >= 0.6 is 0 Å². The average molecular weight is 381 g/mol. The molecule has 3 N–H and O–H groups in total. The molecule has 3 rings (SSSR count). The molecule has 28 heavy (non-hydrogen) atoms. The molecule has 7 nitrogen and oxygen atoms in total. The maximum Gasteiger partial charge on any atom is 0.255 e. The molecule has 1 saturated heterocycles. The molecule has 3 amide bonds. The molecule has 2 aromatic rings. The Balaban J connectivity index is 1.41. The molecule has 1 aliphatic heterocycles. The van der Waals surface area contributed by atoms with E-state index in [2.05, 4.69) is 10.6 Å². The maximum absolute atomic E-state index is 12.3. The van der Waals surface area contributed by atoms with Crippen molar-refractivity contribution in [3.8, 4) is 5.75 Å². The van der Waals surface area contributed by atoms with Crippen LogP contribution in [0.5, 0.6) is 5.75 Å². The molecule has 0 radical (unpaired) electrons. The van der Waals surface area contributed by atoms with Crippen LogP contribution in [0.25, 0.3) is 0 Å². The van der Waals surface area contributed by atoms with Crippen LogP contribution in [0.3, 0.4) is 0 Å². The van der Waals surface area contributed by atoms with E-state index in [1.54, 1.807) is 17.0 Å². The lowest BCUT2D eigenvalue weighted by Crippen LogP contribution is -2.38. The Morgan fingerprint density at radius 3 is 2.43 bits per heavy atom. The number of rotatable bonds is 7.